The van der Waals surface area contributed by atoms with E-state index in [4.69, 9.17) is 4.74 Å². The molecule has 1 amide bonds. The van der Waals surface area contributed by atoms with E-state index in [2.05, 4.69) is 17.6 Å². The smallest absolute Gasteiger partial charge is 0.221 e. The first kappa shape index (κ1) is 16.9. The van der Waals surface area contributed by atoms with Gasteiger partial charge >= 0.3 is 0 Å². The number of ether oxygens (including phenoxy) is 1. The molecule has 22 heavy (non-hydrogen) atoms. The second kappa shape index (κ2) is 7.72. The van der Waals surface area contributed by atoms with Gasteiger partial charge in [-0.05, 0) is 37.5 Å². The average molecular weight is 306 g/mol. The molecule has 5 heteroatoms. The minimum absolute atomic E-state index is 0.0702. The van der Waals surface area contributed by atoms with Gasteiger partial charge in [-0.25, -0.2) is 0 Å². The Hall–Kier alpha value is -1.43. The molecule has 1 aromatic carbocycles. The van der Waals surface area contributed by atoms with Crippen LogP contribution in [0.5, 0.6) is 0 Å². The molecule has 1 fully saturated rings. The molecule has 0 radical (unpaired) electrons. The number of hydrogen-bond acceptors (Lipinski definition) is 4. The summed E-state index contributed by atoms with van der Waals surface area (Å²) < 4.78 is 5.39. The highest BCUT2D eigenvalue weighted by Crippen LogP contribution is 2.30. The predicted octanol–water partition coefficient (Wildman–Crippen LogP) is 2.08. The molecule has 0 aromatic heterocycles. The molecular weight excluding hydrogens is 280 g/mol. The third-order valence-corrected chi connectivity index (χ3v) is 4.38. The van der Waals surface area contributed by atoms with E-state index in [1.165, 1.54) is 6.92 Å². The van der Waals surface area contributed by atoms with Crippen molar-refractivity contribution < 1.29 is 14.6 Å². The number of carbonyl (C=O) groups excluding carboxylic acids is 1. The number of rotatable bonds is 6. The fraction of sp³-hybridized carbons (Fsp3) is 0.588. The lowest BCUT2D eigenvalue weighted by atomic mass is 9.80. The molecule has 3 N–H and O–H groups in total. The highest BCUT2D eigenvalue weighted by Gasteiger charge is 2.32. The van der Waals surface area contributed by atoms with Gasteiger partial charge in [-0.2, -0.15) is 0 Å². The summed E-state index contributed by atoms with van der Waals surface area (Å²) in [6.07, 6.45) is 1.77. The first-order valence-corrected chi connectivity index (χ1v) is 7.84. The Morgan fingerprint density at radius 2 is 2.14 bits per heavy atom. The highest BCUT2D eigenvalue weighted by molar-refractivity contribution is 5.88. The number of benzene rings is 1. The standard InChI is InChI=1S/C17H26N2O3/c1-13(15-4-3-5-16(10-15)19-14(2)21)18-11-17(12-20)6-8-22-9-7-17/h3-5,10,13,18,20H,6-9,11-12H2,1-2H3,(H,19,21). The summed E-state index contributed by atoms with van der Waals surface area (Å²) >= 11 is 0. The summed E-state index contributed by atoms with van der Waals surface area (Å²) in [6.45, 7) is 5.98. The molecule has 1 aromatic rings. The zero-order valence-electron chi connectivity index (χ0n) is 13.4. The first-order chi connectivity index (χ1) is 10.5. The fourth-order valence-corrected chi connectivity index (χ4v) is 2.77. The maximum atomic E-state index is 11.1. The van der Waals surface area contributed by atoms with Crippen LogP contribution in [0.15, 0.2) is 24.3 Å². The second-order valence-corrected chi connectivity index (χ2v) is 6.18. The molecule has 1 atom stereocenters. The Kier molecular flexibility index (Phi) is 5.94. The molecule has 5 nitrogen and oxygen atoms in total. The molecule has 1 unspecified atom stereocenters. The van der Waals surface area contributed by atoms with E-state index in [0.717, 1.165) is 30.6 Å². The zero-order chi connectivity index (χ0) is 16.0. The van der Waals surface area contributed by atoms with E-state index in [0.29, 0.717) is 13.2 Å². The Balaban J connectivity index is 1.96. The van der Waals surface area contributed by atoms with Gasteiger partial charge in [0.15, 0.2) is 0 Å². The van der Waals surface area contributed by atoms with Gasteiger partial charge in [0, 0.05) is 43.8 Å². The van der Waals surface area contributed by atoms with Crippen molar-refractivity contribution in [3.63, 3.8) is 0 Å². The molecule has 2 rings (SSSR count). The minimum Gasteiger partial charge on any atom is -0.396 e. The van der Waals surface area contributed by atoms with E-state index in [1.54, 1.807) is 0 Å². The van der Waals surface area contributed by atoms with Crippen LogP contribution >= 0.6 is 0 Å². The third-order valence-electron chi connectivity index (χ3n) is 4.38. The van der Waals surface area contributed by atoms with E-state index < -0.39 is 0 Å². The number of hydrogen-bond donors (Lipinski definition) is 3. The van der Waals surface area contributed by atoms with Crippen molar-refractivity contribution >= 4 is 11.6 Å². The summed E-state index contributed by atoms with van der Waals surface area (Å²) in [5, 5.41) is 16.0. The van der Waals surface area contributed by atoms with Crippen molar-refractivity contribution in [1.29, 1.82) is 0 Å². The number of nitrogens with one attached hydrogen (secondary N) is 2. The molecule has 1 aliphatic rings. The lowest BCUT2D eigenvalue weighted by Crippen LogP contribution is -2.42. The van der Waals surface area contributed by atoms with Crippen LogP contribution in [-0.4, -0.2) is 37.4 Å². The minimum atomic E-state index is -0.0816. The van der Waals surface area contributed by atoms with Crippen LogP contribution in [0, 0.1) is 5.41 Å². The summed E-state index contributed by atoms with van der Waals surface area (Å²) in [6, 6.07) is 7.99. The fourth-order valence-electron chi connectivity index (χ4n) is 2.77. The molecule has 122 valence electrons. The molecule has 0 spiro atoms. The van der Waals surface area contributed by atoms with Crippen molar-refractivity contribution in [2.45, 2.75) is 32.7 Å². The molecule has 0 saturated carbocycles. The van der Waals surface area contributed by atoms with E-state index >= 15 is 0 Å². The number of amides is 1. The summed E-state index contributed by atoms with van der Waals surface area (Å²) in [4.78, 5) is 11.1. The molecule has 1 heterocycles. The van der Waals surface area contributed by atoms with Crippen LogP contribution in [-0.2, 0) is 9.53 Å². The molecular formula is C17H26N2O3. The SMILES string of the molecule is CC(=O)Nc1cccc(C(C)NCC2(CO)CCOCC2)c1. The zero-order valence-corrected chi connectivity index (χ0v) is 13.4. The van der Waals surface area contributed by atoms with Gasteiger partial charge in [-0.15, -0.1) is 0 Å². The van der Waals surface area contributed by atoms with Gasteiger partial charge in [0.25, 0.3) is 0 Å². The van der Waals surface area contributed by atoms with Crippen molar-refractivity contribution in [3.05, 3.63) is 29.8 Å². The summed E-state index contributed by atoms with van der Waals surface area (Å²) in [7, 11) is 0. The number of carbonyl (C=O) groups is 1. The molecule has 1 saturated heterocycles. The third kappa shape index (κ3) is 4.53. The van der Waals surface area contributed by atoms with Crippen molar-refractivity contribution in [3.8, 4) is 0 Å². The van der Waals surface area contributed by atoms with Crippen molar-refractivity contribution in [2.24, 2.45) is 5.41 Å². The van der Waals surface area contributed by atoms with Crippen LogP contribution in [0.25, 0.3) is 0 Å². The molecule has 1 aliphatic heterocycles. The Morgan fingerprint density at radius 3 is 2.77 bits per heavy atom. The van der Waals surface area contributed by atoms with Crippen LogP contribution in [0.4, 0.5) is 5.69 Å². The van der Waals surface area contributed by atoms with Gasteiger partial charge in [0.05, 0.1) is 6.61 Å². The van der Waals surface area contributed by atoms with E-state index in [1.807, 2.05) is 24.3 Å². The lowest BCUT2D eigenvalue weighted by Gasteiger charge is -2.36. The van der Waals surface area contributed by atoms with Crippen LogP contribution in [0.1, 0.15) is 38.3 Å². The Bertz CT molecular complexity index is 498. The predicted molar refractivity (Wildman–Crippen MR) is 86.7 cm³/mol. The van der Waals surface area contributed by atoms with Gasteiger partial charge in [-0.3, -0.25) is 4.79 Å². The molecule has 0 bridgehead atoms. The lowest BCUT2D eigenvalue weighted by molar-refractivity contribution is -0.114. The largest absolute Gasteiger partial charge is 0.396 e. The van der Waals surface area contributed by atoms with E-state index in [-0.39, 0.29) is 24.0 Å². The van der Waals surface area contributed by atoms with Crippen molar-refractivity contribution in [2.75, 3.05) is 31.7 Å². The number of aliphatic hydroxyl groups is 1. The van der Waals surface area contributed by atoms with Crippen molar-refractivity contribution in [1.82, 2.24) is 5.32 Å². The number of aliphatic hydroxyl groups excluding tert-OH is 1. The maximum absolute atomic E-state index is 11.1. The Morgan fingerprint density at radius 1 is 1.41 bits per heavy atom. The second-order valence-electron chi connectivity index (χ2n) is 6.18. The van der Waals surface area contributed by atoms with E-state index in [9.17, 15) is 9.90 Å². The van der Waals surface area contributed by atoms with Crippen LogP contribution < -0.4 is 10.6 Å². The average Bonchev–Trinajstić information content (AvgIpc) is 2.53. The quantitative estimate of drug-likeness (QED) is 0.752. The van der Waals surface area contributed by atoms with Gasteiger partial charge in [0.2, 0.25) is 5.91 Å². The van der Waals surface area contributed by atoms with Crippen LogP contribution in [0.3, 0.4) is 0 Å². The summed E-state index contributed by atoms with van der Waals surface area (Å²) in [5.41, 5.74) is 1.84. The van der Waals surface area contributed by atoms with Gasteiger partial charge in [0.1, 0.15) is 0 Å². The van der Waals surface area contributed by atoms with Gasteiger partial charge in [-0.1, -0.05) is 12.1 Å². The highest BCUT2D eigenvalue weighted by atomic mass is 16.5. The first-order valence-electron chi connectivity index (χ1n) is 7.84. The normalized spacial score (nSPS) is 18.7. The Labute approximate surface area is 132 Å². The summed E-state index contributed by atoms with van der Waals surface area (Å²) in [5.74, 6) is -0.0702. The molecule has 0 aliphatic carbocycles. The monoisotopic (exact) mass is 306 g/mol. The van der Waals surface area contributed by atoms with Crippen LogP contribution in [0.2, 0.25) is 0 Å². The maximum Gasteiger partial charge on any atom is 0.221 e. The topological polar surface area (TPSA) is 70.6 Å². The van der Waals surface area contributed by atoms with Gasteiger partial charge < -0.3 is 20.5 Å². The number of anilines is 1.